The van der Waals surface area contributed by atoms with E-state index in [0.29, 0.717) is 24.8 Å². The summed E-state index contributed by atoms with van der Waals surface area (Å²) < 4.78 is 16.3. The normalized spacial score (nSPS) is 30.3. The Labute approximate surface area is 184 Å². The van der Waals surface area contributed by atoms with E-state index in [1.807, 2.05) is 0 Å². The fourth-order valence-electron chi connectivity index (χ4n) is 3.65. The molecule has 0 radical (unpaired) electrons. The second-order valence-electron chi connectivity index (χ2n) is 7.96. The molecule has 6 atom stereocenters. The summed E-state index contributed by atoms with van der Waals surface area (Å²) in [6.45, 7) is -0.379. The third-order valence-corrected chi connectivity index (χ3v) is 5.48. The Morgan fingerprint density at radius 2 is 1.78 bits per heavy atom. The molecule has 1 aliphatic heterocycles. The molecule has 0 amide bonds. The molecule has 1 fully saturated rings. The van der Waals surface area contributed by atoms with Crippen molar-refractivity contribution in [2.45, 2.75) is 68.9 Å². The molecule has 1 aromatic carbocycles. The standard InChI is InChI=1S/C22H28O10/c23-14-7-5-12(6-8-14)9-18(26)30-11-16-19(27)20(28)21(29)22(32-16)31-15-4-2-1-3-13(15)10-17(24)25/h1-5,14,16,19-23,27-29H,6-11H2,(H,24,25). The maximum Gasteiger partial charge on any atom is 0.310 e. The summed E-state index contributed by atoms with van der Waals surface area (Å²) in [5.74, 6) is -1.48. The van der Waals surface area contributed by atoms with Gasteiger partial charge >= 0.3 is 11.9 Å². The van der Waals surface area contributed by atoms with Crippen LogP contribution in [0.4, 0.5) is 0 Å². The number of hydrogen-bond donors (Lipinski definition) is 5. The van der Waals surface area contributed by atoms with Crippen LogP contribution in [0.2, 0.25) is 0 Å². The third-order valence-electron chi connectivity index (χ3n) is 5.48. The molecule has 2 aliphatic rings. The molecule has 0 bridgehead atoms. The van der Waals surface area contributed by atoms with E-state index < -0.39 is 48.7 Å². The van der Waals surface area contributed by atoms with Crippen molar-refractivity contribution in [2.75, 3.05) is 6.61 Å². The van der Waals surface area contributed by atoms with Gasteiger partial charge in [-0.3, -0.25) is 9.59 Å². The van der Waals surface area contributed by atoms with E-state index >= 15 is 0 Å². The lowest BCUT2D eigenvalue weighted by Gasteiger charge is -2.40. The monoisotopic (exact) mass is 452 g/mol. The lowest BCUT2D eigenvalue weighted by Crippen LogP contribution is -2.60. The van der Waals surface area contributed by atoms with Gasteiger partial charge in [-0.25, -0.2) is 0 Å². The third kappa shape index (κ3) is 6.27. The van der Waals surface area contributed by atoms with E-state index in [1.165, 1.54) is 6.07 Å². The van der Waals surface area contributed by atoms with E-state index in [4.69, 9.17) is 19.3 Å². The highest BCUT2D eigenvalue weighted by molar-refractivity contribution is 5.72. The van der Waals surface area contributed by atoms with Gasteiger partial charge in [-0.2, -0.15) is 0 Å². The molecule has 1 aliphatic carbocycles. The number of benzene rings is 1. The van der Waals surface area contributed by atoms with E-state index in [0.717, 1.165) is 5.57 Å². The first-order chi connectivity index (χ1) is 15.2. The summed E-state index contributed by atoms with van der Waals surface area (Å²) in [6.07, 6.45) is -4.58. The summed E-state index contributed by atoms with van der Waals surface area (Å²) in [7, 11) is 0. The van der Waals surface area contributed by atoms with E-state index in [2.05, 4.69) is 0 Å². The highest BCUT2D eigenvalue weighted by Gasteiger charge is 2.45. The van der Waals surface area contributed by atoms with Crippen molar-refractivity contribution in [3.63, 3.8) is 0 Å². The SMILES string of the molecule is O=C(O)Cc1ccccc1OC1OC(COC(=O)CC2=CCC(O)CC2)C(O)C(O)C1O. The minimum absolute atomic E-state index is 0.0448. The van der Waals surface area contributed by atoms with Gasteiger partial charge < -0.3 is 39.7 Å². The quantitative estimate of drug-likeness (QED) is 0.266. The van der Waals surface area contributed by atoms with Crippen LogP contribution in [0.1, 0.15) is 31.2 Å². The fourth-order valence-corrected chi connectivity index (χ4v) is 3.65. The molecule has 10 nitrogen and oxygen atoms in total. The molecule has 0 saturated carbocycles. The number of ether oxygens (including phenoxy) is 3. The van der Waals surface area contributed by atoms with Gasteiger partial charge in [0, 0.05) is 5.56 Å². The molecular weight excluding hydrogens is 424 g/mol. The van der Waals surface area contributed by atoms with Crippen LogP contribution in [0.25, 0.3) is 0 Å². The van der Waals surface area contributed by atoms with Gasteiger partial charge in [0.25, 0.3) is 0 Å². The molecular formula is C22H28O10. The Kier molecular flexibility index (Phi) is 8.21. The van der Waals surface area contributed by atoms with Crippen molar-refractivity contribution in [1.29, 1.82) is 0 Å². The lowest BCUT2D eigenvalue weighted by atomic mass is 9.95. The minimum Gasteiger partial charge on any atom is -0.481 e. The summed E-state index contributed by atoms with van der Waals surface area (Å²) >= 11 is 0. The van der Waals surface area contributed by atoms with E-state index in [1.54, 1.807) is 24.3 Å². The molecule has 6 unspecified atom stereocenters. The number of carbonyl (C=O) groups excluding carboxylic acids is 1. The number of carboxylic acid groups (broad SMARTS) is 1. The number of rotatable bonds is 8. The Morgan fingerprint density at radius 3 is 2.47 bits per heavy atom. The zero-order valence-corrected chi connectivity index (χ0v) is 17.4. The first-order valence-electron chi connectivity index (χ1n) is 10.4. The molecule has 1 heterocycles. The molecule has 1 saturated heterocycles. The molecule has 5 N–H and O–H groups in total. The number of aliphatic hydroxyl groups excluding tert-OH is 4. The zero-order valence-electron chi connectivity index (χ0n) is 17.4. The van der Waals surface area contributed by atoms with Crippen molar-refractivity contribution in [3.8, 4) is 5.75 Å². The Morgan fingerprint density at radius 1 is 1.03 bits per heavy atom. The number of carboxylic acids is 1. The Balaban J connectivity index is 1.60. The predicted molar refractivity (Wildman–Crippen MR) is 109 cm³/mol. The van der Waals surface area contributed by atoms with Crippen molar-refractivity contribution in [1.82, 2.24) is 0 Å². The van der Waals surface area contributed by atoms with Crippen molar-refractivity contribution < 1.29 is 49.3 Å². The highest BCUT2D eigenvalue weighted by atomic mass is 16.7. The van der Waals surface area contributed by atoms with Crippen LogP contribution < -0.4 is 4.74 Å². The maximum absolute atomic E-state index is 12.1. The molecule has 32 heavy (non-hydrogen) atoms. The Hall–Kier alpha value is -2.50. The maximum atomic E-state index is 12.1. The average molecular weight is 452 g/mol. The number of para-hydroxylation sites is 1. The smallest absolute Gasteiger partial charge is 0.310 e. The zero-order chi connectivity index (χ0) is 23.3. The van der Waals surface area contributed by atoms with Crippen LogP contribution in [-0.4, -0.2) is 80.9 Å². The number of carbonyl (C=O) groups is 2. The van der Waals surface area contributed by atoms with Gasteiger partial charge in [0.2, 0.25) is 6.29 Å². The molecule has 10 heteroatoms. The molecule has 0 aromatic heterocycles. The van der Waals surface area contributed by atoms with Crippen LogP contribution in [0.15, 0.2) is 35.9 Å². The highest BCUT2D eigenvalue weighted by Crippen LogP contribution is 2.27. The van der Waals surface area contributed by atoms with Gasteiger partial charge in [0.15, 0.2) is 0 Å². The second-order valence-corrected chi connectivity index (χ2v) is 7.96. The largest absolute Gasteiger partial charge is 0.481 e. The number of hydrogen-bond acceptors (Lipinski definition) is 9. The molecule has 1 aromatic rings. The molecule has 3 rings (SSSR count). The number of aliphatic carboxylic acids is 1. The average Bonchev–Trinajstić information content (AvgIpc) is 2.76. The Bertz CT molecular complexity index is 838. The van der Waals surface area contributed by atoms with Crippen molar-refractivity contribution in [3.05, 3.63) is 41.5 Å². The van der Waals surface area contributed by atoms with Gasteiger partial charge in [-0.15, -0.1) is 0 Å². The summed E-state index contributed by atoms with van der Waals surface area (Å²) in [5.41, 5.74) is 1.20. The van der Waals surface area contributed by atoms with Crippen LogP contribution in [-0.2, 0) is 25.5 Å². The van der Waals surface area contributed by atoms with Crippen LogP contribution in [0.5, 0.6) is 5.75 Å². The van der Waals surface area contributed by atoms with Crippen LogP contribution in [0.3, 0.4) is 0 Å². The molecule has 0 spiro atoms. The van der Waals surface area contributed by atoms with Crippen LogP contribution in [0, 0.1) is 0 Å². The predicted octanol–water partition coefficient (Wildman–Crippen LogP) is -0.0954. The van der Waals surface area contributed by atoms with Gasteiger partial charge in [-0.05, 0) is 25.3 Å². The lowest BCUT2D eigenvalue weighted by molar-refractivity contribution is -0.278. The van der Waals surface area contributed by atoms with Crippen LogP contribution >= 0.6 is 0 Å². The summed E-state index contributed by atoms with van der Waals surface area (Å²) in [5, 5.41) is 49.3. The number of esters is 1. The van der Waals surface area contributed by atoms with E-state index in [-0.39, 0.29) is 25.2 Å². The van der Waals surface area contributed by atoms with Crippen molar-refractivity contribution in [2.24, 2.45) is 0 Å². The first kappa shape index (κ1) is 24.1. The van der Waals surface area contributed by atoms with Crippen molar-refractivity contribution >= 4 is 11.9 Å². The fraction of sp³-hybridized carbons (Fsp3) is 0.545. The van der Waals surface area contributed by atoms with Gasteiger partial charge in [-0.1, -0.05) is 29.8 Å². The minimum atomic E-state index is -1.63. The topological polar surface area (TPSA) is 163 Å². The molecule has 176 valence electrons. The van der Waals surface area contributed by atoms with Gasteiger partial charge in [0.1, 0.15) is 36.8 Å². The van der Waals surface area contributed by atoms with Gasteiger partial charge in [0.05, 0.1) is 18.9 Å². The number of aliphatic hydroxyl groups is 4. The summed E-state index contributed by atoms with van der Waals surface area (Å²) in [6, 6.07) is 6.28. The van der Waals surface area contributed by atoms with E-state index in [9.17, 15) is 30.0 Å². The first-order valence-corrected chi connectivity index (χ1v) is 10.4. The summed E-state index contributed by atoms with van der Waals surface area (Å²) in [4.78, 5) is 23.2. The second kappa shape index (κ2) is 10.9.